The highest BCUT2D eigenvalue weighted by molar-refractivity contribution is 7.95. The molecule has 2 rings (SSSR count). The summed E-state index contributed by atoms with van der Waals surface area (Å²) in [5.41, 5.74) is 1.41. The maximum absolute atomic E-state index is 12.8. The predicted octanol–water partition coefficient (Wildman–Crippen LogP) is 2.64. The molecule has 0 radical (unpaired) electrons. The predicted molar refractivity (Wildman–Crippen MR) is 55.7 cm³/mol. The van der Waals surface area contributed by atoms with Crippen LogP contribution in [0, 0.1) is 12.7 Å². The van der Waals surface area contributed by atoms with E-state index in [0.717, 1.165) is 12.0 Å². The highest BCUT2D eigenvalue weighted by atomic mass is 32.2. The van der Waals surface area contributed by atoms with Crippen molar-refractivity contribution in [1.82, 2.24) is 0 Å². The van der Waals surface area contributed by atoms with Crippen molar-refractivity contribution in [2.24, 2.45) is 4.36 Å². The smallest absolute Gasteiger partial charge is 0.123 e. The summed E-state index contributed by atoms with van der Waals surface area (Å²) in [5, 5.41) is 0. The van der Waals surface area contributed by atoms with Crippen LogP contribution in [0.25, 0.3) is 0 Å². The molecule has 0 unspecified atom stereocenters. The number of benzene rings is 1. The Morgan fingerprint density at radius 1 is 1.43 bits per heavy atom. The van der Waals surface area contributed by atoms with E-state index in [1.165, 1.54) is 12.1 Å². The zero-order valence-electron chi connectivity index (χ0n) is 8.00. The van der Waals surface area contributed by atoms with Crippen LogP contribution in [0.1, 0.15) is 12.0 Å². The Labute approximate surface area is 83.3 Å². The van der Waals surface area contributed by atoms with Gasteiger partial charge >= 0.3 is 0 Å². The minimum Gasteiger partial charge on any atom is -0.249 e. The van der Waals surface area contributed by atoms with E-state index in [4.69, 9.17) is 0 Å². The topological polar surface area (TPSA) is 29.4 Å². The molecule has 0 bridgehead atoms. The van der Waals surface area contributed by atoms with Gasteiger partial charge in [0.1, 0.15) is 5.82 Å². The molecule has 0 spiro atoms. The van der Waals surface area contributed by atoms with Gasteiger partial charge in [0.25, 0.3) is 0 Å². The van der Waals surface area contributed by atoms with Crippen molar-refractivity contribution in [2.75, 3.05) is 11.5 Å². The molecule has 1 aliphatic rings. The van der Waals surface area contributed by atoms with Gasteiger partial charge in [0.2, 0.25) is 0 Å². The molecule has 14 heavy (non-hydrogen) atoms. The zero-order chi connectivity index (χ0) is 10.2. The molecular formula is C10H12FNOS. The third kappa shape index (κ3) is 1.80. The molecule has 1 aliphatic heterocycles. The SMILES string of the molecule is Cc1cc(F)ccc1N=S1(=O)CCC1. The summed E-state index contributed by atoms with van der Waals surface area (Å²) in [5.74, 6) is 1.10. The number of hydrogen-bond acceptors (Lipinski definition) is 2. The Hall–Kier alpha value is -0.900. The van der Waals surface area contributed by atoms with E-state index in [0.29, 0.717) is 17.2 Å². The molecule has 0 N–H and O–H groups in total. The van der Waals surface area contributed by atoms with E-state index in [1.807, 2.05) is 0 Å². The van der Waals surface area contributed by atoms with E-state index in [-0.39, 0.29) is 5.82 Å². The number of halogens is 1. The van der Waals surface area contributed by atoms with Crippen LogP contribution in [0.3, 0.4) is 0 Å². The summed E-state index contributed by atoms with van der Waals surface area (Å²) in [6.45, 7) is 1.78. The van der Waals surface area contributed by atoms with Crippen LogP contribution >= 0.6 is 0 Å². The van der Waals surface area contributed by atoms with Gasteiger partial charge in [-0.1, -0.05) is 0 Å². The van der Waals surface area contributed by atoms with Crippen LogP contribution in [-0.4, -0.2) is 15.7 Å². The molecule has 1 aromatic rings. The van der Waals surface area contributed by atoms with Crippen molar-refractivity contribution in [1.29, 1.82) is 0 Å². The van der Waals surface area contributed by atoms with Gasteiger partial charge < -0.3 is 0 Å². The zero-order valence-corrected chi connectivity index (χ0v) is 8.81. The quantitative estimate of drug-likeness (QED) is 0.705. The maximum atomic E-state index is 12.8. The van der Waals surface area contributed by atoms with Crippen LogP contribution in [0.5, 0.6) is 0 Å². The van der Waals surface area contributed by atoms with E-state index in [2.05, 4.69) is 4.36 Å². The normalized spacial score (nSPS) is 18.7. The molecule has 76 valence electrons. The highest BCUT2D eigenvalue weighted by Crippen LogP contribution is 2.24. The number of nitrogens with zero attached hydrogens (tertiary/aromatic N) is 1. The fourth-order valence-electron chi connectivity index (χ4n) is 1.38. The van der Waals surface area contributed by atoms with Gasteiger partial charge in [-0.25, -0.2) is 8.60 Å². The molecule has 1 fully saturated rings. The van der Waals surface area contributed by atoms with Crippen LogP contribution in [-0.2, 0) is 9.73 Å². The number of rotatable bonds is 1. The summed E-state index contributed by atoms with van der Waals surface area (Å²) >= 11 is 0. The molecule has 0 amide bonds. The first-order valence-corrected chi connectivity index (χ1v) is 6.43. The van der Waals surface area contributed by atoms with Gasteiger partial charge in [0.05, 0.1) is 15.4 Å². The molecule has 1 saturated heterocycles. The molecular weight excluding hydrogens is 201 g/mol. The van der Waals surface area contributed by atoms with E-state index in [9.17, 15) is 8.60 Å². The largest absolute Gasteiger partial charge is 0.249 e. The summed E-state index contributed by atoms with van der Waals surface area (Å²) in [7, 11) is -1.97. The molecule has 0 aliphatic carbocycles. The number of hydrogen-bond donors (Lipinski definition) is 0. The van der Waals surface area contributed by atoms with Gasteiger partial charge in [0.15, 0.2) is 0 Å². The summed E-state index contributed by atoms with van der Waals surface area (Å²) in [4.78, 5) is 0. The van der Waals surface area contributed by atoms with Crippen LogP contribution in [0.15, 0.2) is 22.6 Å². The minimum atomic E-state index is -1.97. The molecule has 1 heterocycles. The summed E-state index contributed by atoms with van der Waals surface area (Å²) < 4.78 is 28.7. The molecule has 1 aromatic carbocycles. The van der Waals surface area contributed by atoms with Crippen LogP contribution in [0.4, 0.5) is 10.1 Å². The first-order chi connectivity index (χ1) is 6.59. The molecule has 0 atom stereocenters. The standard InChI is InChI=1S/C10H12FNOS/c1-8-7-9(11)3-4-10(8)12-14(13)5-2-6-14/h3-4,7H,2,5-6H2,1H3. The Morgan fingerprint density at radius 3 is 2.64 bits per heavy atom. The van der Waals surface area contributed by atoms with Crippen molar-refractivity contribution >= 4 is 15.4 Å². The second-order valence-electron chi connectivity index (χ2n) is 3.56. The minimum absolute atomic E-state index is 0.273. The number of aryl methyl sites for hydroxylation is 1. The molecule has 0 saturated carbocycles. The Balaban J connectivity index is 2.43. The van der Waals surface area contributed by atoms with Gasteiger partial charge in [-0.05, 0) is 37.1 Å². The van der Waals surface area contributed by atoms with Crippen molar-refractivity contribution in [3.05, 3.63) is 29.6 Å². The Morgan fingerprint density at radius 2 is 2.14 bits per heavy atom. The molecule has 4 heteroatoms. The van der Waals surface area contributed by atoms with Crippen LogP contribution in [0.2, 0.25) is 0 Å². The van der Waals surface area contributed by atoms with Crippen LogP contribution < -0.4 is 0 Å². The third-order valence-electron chi connectivity index (χ3n) is 2.35. The maximum Gasteiger partial charge on any atom is 0.123 e. The summed E-state index contributed by atoms with van der Waals surface area (Å²) in [6, 6.07) is 4.36. The van der Waals surface area contributed by atoms with E-state index in [1.54, 1.807) is 13.0 Å². The fourth-order valence-corrected chi connectivity index (χ4v) is 2.91. The third-order valence-corrected chi connectivity index (χ3v) is 4.73. The fraction of sp³-hybridized carbons (Fsp3) is 0.400. The lowest BCUT2D eigenvalue weighted by Crippen LogP contribution is -2.23. The van der Waals surface area contributed by atoms with E-state index >= 15 is 0 Å². The van der Waals surface area contributed by atoms with Gasteiger partial charge in [-0.2, -0.15) is 4.36 Å². The average molecular weight is 213 g/mol. The first kappa shape index (κ1) is 9.65. The van der Waals surface area contributed by atoms with Crippen molar-refractivity contribution < 1.29 is 8.60 Å². The monoisotopic (exact) mass is 213 g/mol. The average Bonchev–Trinajstić information content (AvgIpc) is 2.07. The van der Waals surface area contributed by atoms with Crippen molar-refractivity contribution in [3.8, 4) is 0 Å². The lowest BCUT2D eigenvalue weighted by Gasteiger charge is -2.18. The highest BCUT2D eigenvalue weighted by Gasteiger charge is 2.19. The lowest BCUT2D eigenvalue weighted by molar-refractivity contribution is 0.626. The van der Waals surface area contributed by atoms with Crippen molar-refractivity contribution in [2.45, 2.75) is 13.3 Å². The molecule has 2 nitrogen and oxygen atoms in total. The van der Waals surface area contributed by atoms with Crippen molar-refractivity contribution in [3.63, 3.8) is 0 Å². The summed E-state index contributed by atoms with van der Waals surface area (Å²) in [6.07, 6.45) is 0.989. The second-order valence-corrected chi connectivity index (χ2v) is 6.10. The Kier molecular flexibility index (Phi) is 2.31. The first-order valence-electron chi connectivity index (χ1n) is 4.58. The van der Waals surface area contributed by atoms with Gasteiger partial charge in [-0.15, -0.1) is 0 Å². The van der Waals surface area contributed by atoms with E-state index < -0.39 is 9.73 Å². The van der Waals surface area contributed by atoms with Gasteiger partial charge in [0, 0.05) is 11.5 Å². The lowest BCUT2D eigenvalue weighted by atomic mass is 10.2. The molecule has 0 aromatic heterocycles. The second kappa shape index (κ2) is 3.35. The Bertz CT molecular complexity index is 465. The van der Waals surface area contributed by atoms with Gasteiger partial charge in [-0.3, -0.25) is 0 Å².